The second kappa shape index (κ2) is 9.16. The van der Waals surface area contributed by atoms with Gasteiger partial charge in [-0.25, -0.2) is 4.79 Å². The van der Waals surface area contributed by atoms with Crippen LogP contribution in [0.15, 0.2) is 54.6 Å². The molecule has 2 N–H and O–H groups in total. The number of carbonyl (C=O) groups is 1. The van der Waals surface area contributed by atoms with E-state index in [1.165, 1.54) is 0 Å². The fraction of sp³-hybridized carbons (Fsp3) is 0.269. The molecule has 0 aliphatic rings. The molecule has 0 atom stereocenters. The van der Waals surface area contributed by atoms with Gasteiger partial charge in [0, 0.05) is 56.3 Å². The van der Waals surface area contributed by atoms with Gasteiger partial charge in [-0.1, -0.05) is 29.3 Å². The Morgan fingerprint density at radius 3 is 2.27 bits per heavy atom. The zero-order valence-electron chi connectivity index (χ0n) is 19.1. The first kappa shape index (κ1) is 23.3. The second-order valence-corrected chi connectivity index (χ2v) is 9.91. The van der Waals surface area contributed by atoms with Crippen molar-refractivity contribution in [2.75, 3.05) is 11.9 Å². The average molecular weight is 484 g/mol. The van der Waals surface area contributed by atoms with Gasteiger partial charge in [0.2, 0.25) is 0 Å². The van der Waals surface area contributed by atoms with Crippen molar-refractivity contribution in [1.29, 1.82) is 0 Å². The number of fused-ring (bicyclic) bond motifs is 3. The number of aryl methyl sites for hydroxylation is 1. The molecule has 7 heteroatoms. The van der Waals surface area contributed by atoms with Crippen molar-refractivity contribution >= 4 is 62.5 Å². The Bertz CT molecular complexity index is 1340. The van der Waals surface area contributed by atoms with Gasteiger partial charge in [-0.15, -0.1) is 0 Å². The lowest BCUT2D eigenvalue weighted by atomic mass is 10.1. The lowest BCUT2D eigenvalue weighted by Gasteiger charge is -2.19. The van der Waals surface area contributed by atoms with Gasteiger partial charge >= 0.3 is 6.09 Å². The smallest absolute Gasteiger partial charge is 0.407 e. The van der Waals surface area contributed by atoms with Gasteiger partial charge in [-0.2, -0.15) is 0 Å². The molecule has 0 aliphatic heterocycles. The minimum absolute atomic E-state index is 0.422. The van der Waals surface area contributed by atoms with Crippen molar-refractivity contribution in [3.8, 4) is 0 Å². The number of rotatable bonds is 5. The number of nitrogens with one attached hydrogen (secondary N) is 2. The van der Waals surface area contributed by atoms with Gasteiger partial charge in [0.1, 0.15) is 5.60 Å². The molecule has 1 heterocycles. The maximum Gasteiger partial charge on any atom is 0.407 e. The number of hydrogen-bond donors (Lipinski definition) is 2. The molecule has 172 valence electrons. The molecular formula is C26H27Cl2N3O2. The van der Waals surface area contributed by atoms with Crippen LogP contribution in [0.2, 0.25) is 10.0 Å². The van der Waals surface area contributed by atoms with Crippen molar-refractivity contribution in [1.82, 2.24) is 9.88 Å². The molecule has 0 unspecified atom stereocenters. The molecule has 5 nitrogen and oxygen atoms in total. The maximum atomic E-state index is 12.0. The van der Waals surface area contributed by atoms with Crippen LogP contribution in [0.4, 0.5) is 16.2 Å². The van der Waals surface area contributed by atoms with Gasteiger partial charge in [-0.05, 0) is 81.8 Å². The molecule has 4 rings (SSSR count). The van der Waals surface area contributed by atoms with E-state index in [1.807, 2.05) is 70.2 Å². The zero-order valence-corrected chi connectivity index (χ0v) is 20.6. The minimum atomic E-state index is -0.529. The monoisotopic (exact) mass is 483 g/mol. The molecule has 0 fully saturated rings. The maximum absolute atomic E-state index is 12.0. The third kappa shape index (κ3) is 5.37. The molecule has 0 spiro atoms. The highest BCUT2D eigenvalue weighted by Crippen LogP contribution is 2.34. The quantitative estimate of drug-likeness (QED) is 0.306. The van der Waals surface area contributed by atoms with Crippen molar-refractivity contribution in [3.63, 3.8) is 0 Å². The van der Waals surface area contributed by atoms with Crippen LogP contribution in [0.5, 0.6) is 0 Å². The van der Waals surface area contributed by atoms with E-state index in [0.29, 0.717) is 18.1 Å². The van der Waals surface area contributed by atoms with Crippen LogP contribution in [0.1, 0.15) is 26.3 Å². The Kier molecular flexibility index (Phi) is 6.46. The Labute approximate surface area is 203 Å². The third-order valence-corrected chi connectivity index (χ3v) is 5.93. The number of hydrogen-bond acceptors (Lipinski definition) is 3. The predicted molar refractivity (Wildman–Crippen MR) is 138 cm³/mol. The van der Waals surface area contributed by atoms with Crippen molar-refractivity contribution in [2.45, 2.75) is 39.8 Å². The van der Waals surface area contributed by atoms with E-state index >= 15 is 0 Å². The van der Waals surface area contributed by atoms with Gasteiger partial charge in [0.05, 0.1) is 0 Å². The number of nitrogens with zero attached hydrogens (tertiary/aromatic N) is 1. The summed E-state index contributed by atoms with van der Waals surface area (Å²) >= 11 is 12.6. The first-order valence-corrected chi connectivity index (χ1v) is 11.6. The molecule has 1 aromatic heterocycles. The average Bonchev–Trinajstić information content (AvgIpc) is 3.02. The van der Waals surface area contributed by atoms with Crippen LogP contribution < -0.4 is 10.6 Å². The molecule has 0 saturated carbocycles. The van der Waals surface area contributed by atoms with Crippen molar-refractivity contribution < 1.29 is 9.53 Å². The molecule has 3 aromatic carbocycles. The van der Waals surface area contributed by atoms with Crippen LogP contribution in [0.3, 0.4) is 0 Å². The lowest BCUT2D eigenvalue weighted by molar-refractivity contribution is 0.0526. The Balaban J connectivity index is 1.64. The van der Waals surface area contributed by atoms with Gasteiger partial charge in [0.15, 0.2) is 0 Å². The number of ether oxygens (including phenoxy) is 1. The van der Waals surface area contributed by atoms with Gasteiger partial charge in [0.25, 0.3) is 0 Å². The number of aromatic nitrogens is 1. The summed E-state index contributed by atoms with van der Waals surface area (Å²) in [6.07, 6.45) is -0.422. The fourth-order valence-electron chi connectivity index (χ4n) is 3.82. The van der Waals surface area contributed by atoms with E-state index in [-0.39, 0.29) is 0 Å². The summed E-state index contributed by atoms with van der Waals surface area (Å²) in [6.45, 7) is 8.56. The zero-order chi connectivity index (χ0) is 23.8. The fourth-order valence-corrected chi connectivity index (χ4v) is 4.17. The Morgan fingerprint density at radius 2 is 1.58 bits per heavy atom. The molecular weight excluding hydrogens is 457 g/mol. The van der Waals surface area contributed by atoms with Crippen molar-refractivity contribution in [2.24, 2.45) is 0 Å². The summed E-state index contributed by atoms with van der Waals surface area (Å²) in [4.78, 5) is 12.0. The first-order chi connectivity index (χ1) is 15.6. The highest BCUT2D eigenvalue weighted by atomic mass is 35.5. The molecule has 33 heavy (non-hydrogen) atoms. The molecule has 1 amide bonds. The Hall–Kier alpha value is -2.89. The standard InChI is InChI=1S/C26H27Cl2N3O2/c1-16-5-7-19(15-22(16)28)30-18-8-10-24-21(14-18)20-13-17(27)6-9-23(20)31(24)12-11-29-25(32)33-26(2,3)4/h5-10,13-15,30H,11-12H2,1-4H3,(H,29,32). The summed E-state index contributed by atoms with van der Waals surface area (Å²) in [5, 5.41) is 9.81. The van der Waals surface area contributed by atoms with Crippen LogP contribution in [-0.4, -0.2) is 22.8 Å². The highest BCUT2D eigenvalue weighted by Gasteiger charge is 2.16. The summed E-state index contributed by atoms with van der Waals surface area (Å²) < 4.78 is 7.53. The summed E-state index contributed by atoms with van der Waals surface area (Å²) in [5.41, 5.74) is 4.50. The molecule has 0 aliphatic carbocycles. The summed E-state index contributed by atoms with van der Waals surface area (Å²) in [6, 6.07) is 18.0. The van der Waals surface area contributed by atoms with Crippen LogP contribution in [0.25, 0.3) is 21.8 Å². The molecule has 0 saturated heterocycles. The molecule has 0 bridgehead atoms. The van der Waals surface area contributed by atoms with E-state index < -0.39 is 11.7 Å². The number of amides is 1. The van der Waals surface area contributed by atoms with Gasteiger partial charge in [-0.3, -0.25) is 0 Å². The summed E-state index contributed by atoms with van der Waals surface area (Å²) in [7, 11) is 0. The van der Waals surface area contributed by atoms with Crippen LogP contribution in [0, 0.1) is 6.92 Å². The third-order valence-electron chi connectivity index (χ3n) is 5.29. The van der Waals surface area contributed by atoms with E-state index in [9.17, 15) is 4.79 Å². The van der Waals surface area contributed by atoms with Gasteiger partial charge < -0.3 is 19.9 Å². The SMILES string of the molecule is Cc1ccc(Nc2ccc3c(c2)c2cc(Cl)ccc2n3CCNC(=O)OC(C)(C)C)cc1Cl. The van der Waals surface area contributed by atoms with E-state index in [2.05, 4.69) is 27.3 Å². The lowest BCUT2D eigenvalue weighted by Crippen LogP contribution is -2.34. The minimum Gasteiger partial charge on any atom is -0.444 e. The highest BCUT2D eigenvalue weighted by molar-refractivity contribution is 6.32. The summed E-state index contributed by atoms with van der Waals surface area (Å²) in [5.74, 6) is 0. The predicted octanol–water partition coefficient (Wildman–Crippen LogP) is 7.68. The van der Waals surface area contributed by atoms with Crippen LogP contribution >= 0.6 is 23.2 Å². The normalized spacial score (nSPS) is 11.7. The largest absolute Gasteiger partial charge is 0.444 e. The molecule has 4 aromatic rings. The Morgan fingerprint density at radius 1 is 0.939 bits per heavy atom. The van der Waals surface area contributed by atoms with E-state index in [1.54, 1.807) is 0 Å². The topological polar surface area (TPSA) is 55.3 Å². The number of benzene rings is 3. The number of alkyl carbamates (subject to hydrolysis) is 1. The number of halogens is 2. The second-order valence-electron chi connectivity index (χ2n) is 9.06. The number of anilines is 2. The van der Waals surface area contributed by atoms with E-state index in [4.69, 9.17) is 27.9 Å². The van der Waals surface area contributed by atoms with E-state index in [0.717, 1.165) is 43.8 Å². The molecule has 0 radical (unpaired) electrons. The van der Waals surface area contributed by atoms with Crippen LogP contribution in [-0.2, 0) is 11.3 Å². The number of carbonyl (C=O) groups excluding carboxylic acids is 1. The van der Waals surface area contributed by atoms with Crippen molar-refractivity contribution in [3.05, 3.63) is 70.2 Å². The first-order valence-electron chi connectivity index (χ1n) is 10.8.